The summed E-state index contributed by atoms with van der Waals surface area (Å²) in [4.78, 5) is 29.7. The molecule has 0 saturated carbocycles. The van der Waals surface area contributed by atoms with Crippen molar-refractivity contribution in [2.75, 3.05) is 19.6 Å². The molecule has 5 heteroatoms. The van der Waals surface area contributed by atoms with E-state index in [2.05, 4.69) is 36.2 Å². The molecule has 142 valence electrons. The molecule has 0 spiro atoms. The maximum atomic E-state index is 13.1. The van der Waals surface area contributed by atoms with Crippen molar-refractivity contribution < 1.29 is 9.59 Å². The van der Waals surface area contributed by atoms with E-state index in [1.54, 1.807) is 0 Å². The number of carbonyl (C=O) groups is 2. The van der Waals surface area contributed by atoms with Crippen molar-refractivity contribution in [3.8, 4) is 0 Å². The van der Waals surface area contributed by atoms with Crippen LogP contribution in [0.25, 0.3) is 0 Å². The van der Waals surface area contributed by atoms with Crippen LogP contribution in [0.3, 0.4) is 0 Å². The van der Waals surface area contributed by atoms with Crippen molar-refractivity contribution in [3.05, 3.63) is 35.4 Å². The number of hydrogen-bond acceptors (Lipinski definition) is 3. The van der Waals surface area contributed by atoms with E-state index in [4.69, 9.17) is 0 Å². The molecule has 1 saturated heterocycles. The summed E-state index contributed by atoms with van der Waals surface area (Å²) in [6.45, 7) is 8.85. The summed E-state index contributed by atoms with van der Waals surface area (Å²) in [5, 5.41) is 3.07. The molecule has 0 radical (unpaired) electrons. The van der Waals surface area contributed by atoms with Crippen molar-refractivity contribution in [1.29, 1.82) is 0 Å². The lowest BCUT2D eigenvalue weighted by Gasteiger charge is -2.37. The van der Waals surface area contributed by atoms with Crippen LogP contribution in [0.1, 0.15) is 44.7 Å². The van der Waals surface area contributed by atoms with Crippen LogP contribution in [0.2, 0.25) is 0 Å². The van der Waals surface area contributed by atoms with Gasteiger partial charge in [-0.2, -0.15) is 0 Å². The molecule has 2 heterocycles. The van der Waals surface area contributed by atoms with E-state index in [1.807, 2.05) is 24.0 Å². The molecular weight excluding hydrogens is 326 g/mol. The number of benzene rings is 1. The molecule has 2 unspecified atom stereocenters. The molecular formula is C21H31N3O2. The molecule has 26 heavy (non-hydrogen) atoms. The van der Waals surface area contributed by atoms with E-state index < -0.39 is 0 Å². The van der Waals surface area contributed by atoms with Gasteiger partial charge in [-0.3, -0.25) is 14.5 Å². The van der Waals surface area contributed by atoms with Gasteiger partial charge in [0.25, 0.3) is 0 Å². The maximum absolute atomic E-state index is 13.1. The fraction of sp³-hybridized carbons (Fsp3) is 0.619. The van der Waals surface area contributed by atoms with E-state index in [0.717, 1.165) is 25.9 Å². The summed E-state index contributed by atoms with van der Waals surface area (Å²) in [6, 6.07) is 8.17. The highest BCUT2D eigenvalue weighted by Gasteiger charge is 2.35. The second-order valence-electron chi connectivity index (χ2n) is 8.03. The minimum atomic E-state index is -0.233. The third-order valence-electron chi connectivity index (χ3n) is 5.78. The molecule has 0 bridgehead atoms. The second kappa shape index (κ2) is 8.21. The summed E-state index contributed by atoms with van der Waals surface area (Å²) in [5.41, 5.74) is 2.46. The zero-order chi connectivity index (χ0) is 18.7. The maximum Gasteiger partial charge on any atom is 0.240 e. The number of hydrogen-bond donors (Lipinski definition) is 1. The SMILES string of the molecule is CC(C)C(C)NC(=O)CN1Cc2ccccc2CC1C(=O)N1CCCC1. The van der Waals surface area contributed by atoms with Crippen LogP contribution >= 0.6 is 0 Å². The predicted molar refractivity (Wildman–Crippen MR) is 103 cm³/mol. The molecule has 2 aliphatic heterocycles. The first kappa shape index (κ1) is 18.9. The van der Waals surface area contributed by atoms with Crippen LogP contribution in [0.15, 0.2) is 24.3 Å². The zero-order valence-electron chi connectivity index (χ0n) is 16.2. The minimum absolute atomic E-state index is 0.00445. The van der Waals surface area contributed by atoms with Crippen LogP contribution in [0, 0.1) is 5.92 Å². The van der Waals surface area contributed by atoms with Crippen LogP contribution in [0.5, 0.6) is 0 Å². The third kappa shape index (κ3) is 4.26. The van der Waals surface area contributed by atoms with Gasteiger partial charge in [-0.05, 0) is 43.2 Å². The smallest absolute Gasteiger partial charge is 0.240 e. The topological polar surface area (TPSA) is 52.7 Å². The van der Waals surface area contributed by atoms with Crippen molar-refractivity contribution in [2.24, 2.45) is 5.92 Å². The monoisotopic (exact) mass is 357 g/mol. The van der Waals surface area contributed by atoms with E-state index in [1.165, 1.54) is 11.1 Å². The minimum Gasteiger partial charge on any atom is -0.352 e. The Labute approximate surface area is 156 Å². The van der Waals surface area contributed by atoms with Gasteiger partial charge in [-0.15, -0.1) is 0 Å². The Bertz CT molecular complexity index is 652. The Hall–Kier alpha value is -1.88. The lowest BCUT2D eigenvalue weighted by Crippen LogP contribution is -2.54. The van der Waals surface area contributed by atoms with Gasteiger partial charge in [-0.1, -0.05) is 38.1 Å². The first-order chi connectivity index (χ1) is 12.5. The Balaban J connectivity index is 1.75. The Kier molecular flexibility index (Phi) is 5.97. The molecule has 1 aromatic carbocycles. The lowest BCUT2D eigenvalue weighted by molar-refractivity contribution is -0.137. The molecule has 2 atom stereocenters. The van der Waals surface area contributed by atoms with E-state index >= 15 is 0 Å². The average molecular weight is 357 g/mol. The highest BCUT2D eigenvalue weighted by atomic mass is 16.2. The number of carbonyl (C=O) groups excluding carboxylic acids is 2. The number of rotatable bonds is 5. The number of fused-ring (bicyclic) bond motifs is 1. The summed E-state index contributed by atoms with van der Waals surface area (Å²) in [5.74, 6) is 0.578. The van der Waals surface area contributed by atoms with Gasteiger partial charge in [0.05, 0.1) is 12.6 Å². The number of likely N-dealkylation sites (tertiary alicyclic amines) is 1. The van der Waals surface area contributed by atoms with Crippen LogP contribution < -0.4 is 5.32 Å². The number of amides is 2. The second-order valence-corrected chi connectivity index (χ2v) is 8.03. The molecule has 0 aromatic heterocycles. The van der Waals surface area contributed by atoms with E-state index in [0.29, 0.717) is 18.9 Å². The molecule has 0 aliphatic carbocycles. The molecule has 2 amide bonds. The van der Waals surface area contributed by atoms with E-state index in [9.17, 15) is 9.59 Å². The average Bonchev–Trinajstić information content (AvgIpc) is 3.15. The Morgan fingerprint density at radius 1 is 1.12 bits per heavy atom. The quantitative estimate of drug-likeness (QED) is 0.879. The van der Waals surface area contributed by atoms with E-state index in [-0.39, 0.29) is 30.4 Å². The van der Waals surface area contributed by atoms with Gasteiger partial charge < -0.3 is 10.2 Å². The van der Waals surface area contributed by atoms with Gasteiger partial charge in [-0.25, -0.2) is 0 Å². The predicted octanol–water partition coefficient (Wildman–Crippen LogP) is 2.20. The number of nitrogens with one attached hydrogen (secondary N) is 1. The Morgan fingerprint density at radius 2 is 1.77 bits per heavy atom. The van der Waals surface area contributed by atoms with Gasteiger partial charge in [0.2, 0.25) is 11.8 Å². The standard InChI is InChI=1S/C21H31N3O2/c1-15(2)16(3)22-20(25)14-24-13-18-9-5-4-8-17(18)12-19(24)21(26)23-10-6-7-11-23/h4-5,8-9,15-16,19H,6-7,10-14H2,1-3H3,(H,22,25). The Morgan fingerprint density at radius 3 is 2.42 bits per heavy atom. The highest BCUT2D eigenvalue weighted by molar-refractivity contribution is 5.84. The number of nitrogens with zero attached hydrogens (tertiary/aromatic N) is 2. The molecule has 1 fully saturated rings. The highest BCUT2D eigenvalue weighted by Crippen LogP contribution is 2.25. The molecule has 2 aliphatic rings. The van der Waals surface area contributed by atoms with Crippen molar-refractivity contribution in [1.82, 2.24) is 15.1 Å². The fourth-order valence-corrected chi connectivity index (χ4v) is 3.79. The van der Waals surface area contributed by atoms with Gasteiger partial charge in [0, 0.05) is 25.7 Å². The third-order valence-corrected chi connectivity index (χ3v) is 5.78. The summed E-state index contributed by atoms with van der Waals surface area (Å²) < 4.78 is 0. The van der Waals surface area contributed by atoms with Gasteiger partial charge >= 0.3 is 0 Å². The molecule has 3 rings (SSSR count). The van der Waals surface area contributed by atoms with Crippen LogP contribution in [-0.2, 0) is 22.6 Å². The summed E-state index contributed by atoms with van der Waals surface area (Å²) in [7, 11) is 0. The summed E-state index contributed by atoms with van der Waals surface area (Å²) >= 11 is 0. The first-order valence-corrected chi connectivity index (χ1v) is 9.84. The first-order valence-electron chi connectivity index (χ1n) is 9.84. The van der Waals surface area contributed by atoms with Gasteiger partial charge in [0.1, 0.15) is 0 Å². The molecule has 1 N–H and O–H groups in total. The van der Waals surface area contributed by atoms with Crippen LogP contribution in [-0.4, -0.2) is 53.3 Å². The largest absolute Gasteiger partial charge is 0.352 e. The molecule has 5 nitrogen and oxygen atoms in total. The zero-order valence-corrected chi connectivity index (χ0v) is 16.2. The summed E-state index contributed by atoms with van der Waals surface area (Å²) in [6.07, 6.45) is 2.86. The molecule has 1 aromatic rings. The normalized spacial score (nSPS) is 21.5. The fourth-order valence-electron chi connectivity index (χ4n) is 3.79. The van der Waals surface area contributed by atoms with Crippen molar-refractivity contribution >= 4 is 11.8 Å². The van der Waals surface area contributed by atoms with Gasteiger partial charge in [0.15, 0.2) is 0 Å². The van der Waals surface area contributed by atoms with Crippen molar-refractivity contribution in [2.45, 2.75) is 58.7 Å². The van der Waals surface area contributed by atoms with Crippen molar-refractivity contribution in [3.63, 3.8) is 0 Å². The lowest BCUT2D eigenvalue weighted by atomic mass is 9.93. The van der Waals surface area contributed by atoms with Crippen LogP contribution in [0.4, 0.5) is 0 Å².